The van der Waals surface area contributed by atoms with Gasteiger partial charge in [0.05, 0.1) is 8.67 Å². The van der Waals surface area contributed by atoms with Gasteiger partial charge < -0.3 is 5.32 Å². The number of thiophene rings is 1. The molecular weight excluding hydrogens is 261 g/mol. The SMILES string of the molecule is CC(C)CNCCCCc1cc(Cl)sc1Cl. The molecular formula is C12H19Cl2NS. The molecule has 0 atom stereocenters. The topological polar surface area (TPSA) is 12.0 Å². The number of aryl methyl sites for hydroxylation is 1. The molecule has 0 aliphatic carbocycles. The second-order valence-corrected chi connectivity index (χ2v) is 6.69. The molecule has 1 heterocycles. The highest BCUT2D eigenvalue weighted by Gasteiger charge is 2.04. The van der Waals surface area contributed by atoms with E-state index in [1.54, 1.807) is 0 Å². The van der Waals surface area contributed by atoms with Gasteiger partial charge in [0.1, 0.15) is 0 Å². The zero-order valence-corrected chi connectivity index (χ0v) is 12.2. The normalized spacial score (nSPS) is 11.3. The standard InChI is InChI=1S/C12H19Cl2NS/c1-9(2)8-15-6-4-3-5-10-7-11(13)16-12(10)14/h7,9,15H,3-6,8H2,1-2H3. The first kappa shape index (κ1) is 14.3. The average molecular weight is 280 g/mol. The van der Waals surface area contributed by atoms with Crippen LogP contribution >= 0.6 is 34.5 Å². The van der Waals surface area contributed by atoms with Crippen LogP contribution in [0.4, 0.5) is 0 Å². The molecule has 0 saturated heterocycles. The smallest absolute Gasteiger partial charge is 0.0976 e. The van der Waals surface area contributed by atoms with E-state index in [4.69, 9.17) is 23.2 Å². The fraction of sp³-hybridized carbons (Fsp3) is 0.667. The minimum absolute atomic E-state index is 0.727. The summed E-state index contributed by atoms with van der Waals surface area (Å²) in [6.45, 7) is 6.64. The Morgan fingerprint density at radius 1 is 1.31 bits per heavy atom. The van der Waals surface area contributed by atoms with Gasteiger partial charge in [-0.2, -0.15) is 0 Å². The molecule has 0 fully saturated rings. The quantitative estimate of drug-likeness (QED) is 0.718. The monoisotopic (exact) mass is 279 g/mol. The van der Waals surface area contributed by atoms with Crippen molar-refractivity contribution < 1.29 is 0 Å². The molecule has 0 aliphatic heterocycles. The van der Waals surface area contributed by atoms with Crippen LogP contribution in [0.5, 0.6) is 0 Å². The zero-order chi connectivity index (χ0) is 12.0. The lowest BCUT2D eigenvalue weighted by molar-refractivity contribution is 0.535. The Kier molecular flexibility index (Phi) is 6.74. The van der Waals surface area contributed by atoms with E-state index in [-0.39, 0.29) is 0 Å². The van der Waals surface area contributed by atoms with Crippen molar-refractivity contribution in [1.29, 1.82) is 0 Å². The van der Waals surface area contributed by atoms with Crippen molar-refractivity contribution in [1.82, 2.24) is 5.32 Å². The fourth-order valence-electron chi connectivity index (χ4n) is 1.50. The highest BCUT2D eigenvalue weighted by Crippen LogP contribution is 2.31. The fourth-order valence-corrected chi connectivity index (χ4v) is 3.05. The summed E-state index contributed by atoms with van der Waals surface area (Å²) in [6, 6.07) is 1.98. The molecule has 0 unspecified atom stereocenters. The van der Waals surface area contributed by atoms with Crippen LogP contribution in [0.25, 0.3) is 0 Å². The third-order valence-electron chi connectivity index (χ3n) is 2.33. The lowest BCUT2D eigenvalue weighted by Crippen LogP contribution is -2.20. The third-order valence-corrected chi connectivity index (χ3v) is 3.90. The van der Waals surface area contributed by atoms with Gasteiger partial charge in [-0.15, -0.1) is 11.3 Å². The van der Waals surface area contributed by atoms with Crippen LogP contribution in [0.15, 0.2) is 6.07 Å². The highest BCUT2D eigenvalue weighted by atomic mass is 35.5. The Morgan fingerprint density at radius 3 is 2.62 bits per heavy atom. The van der Waals surface area contributed by atoms with Crippen LogP contribution in [0.3, 0.4) is 0 Å². The number of halogens is 2. The van der Waals surface area contributed by atoms with Gasteiger partial charge >= 0.3 is 0 Å². The number of nitrogens with one attached hydrogen (secondary N) is 1. The maximum atomic E-state index is 6.05. The minimum atomic E-state index is 0.727. The molecule has 1 N–H and O–H groups in total. The largest absolute Gasteiger partial charge is 0.316 e. The van der Waals surface area contributed by atoms with Crippen molar-refractivity contribution in [3.8, 4) is 0 Å². The molecule has 0 amide bonds. The van der Waals surface area contributed by atoms with E-state index in [9.17, 15) is 0 Å². The lowest BCUT2D eigenvalue weighted by atomic mass is 10.1. The van der Waals surface area contributed by atoms with Crippen LogP contribution in [-0.4, -0.2) is 13.1 Å². The summed E-state index contributed by atoms with van der Waals surface area (Å²) < 4.78 is 1.64. The first-order chi connectivity index (χ1) is 7.59. The maximum absolute atomic E-state index is 6.05. The first-order valence-electron chi connectivity index (χ1n) is 5.74. The molecule has 1 rings (SSSR count). The summed E-state index contributed by atoms with van der Waals surface area (Å²) in [5.74, 6) is 0.727. The predicted octanol–water partition coefficient (Wildman–Crippen LogP) is 4.62. The Labute approximate surface area is 112 Å². The molecule has 16 heavy (non-hydrogen) atoms. The number of unbranched alkanes of at least 4 members (excludes halogenated alkanes) is 1. The van der Waals surface area contributed by atoms with E-state index < -0.39 is 0 Å². The molecule has 4 heteroatoms. The van der Waals surface area contributed by atoms with Crippen molar-refractivity contribution in [3.63, 3.8) is 0 Å². The van der Waals surface area contributed by atoms with Gasteiger partial charge in [-0.25, -0.2) is 0 Å². The highest BCUT2D eigenvalue weighted by molar-refractivity contribution is 7.20. The second kappa shape index (κ2) is 7.54. The molecule has 0 aromatic carbocycles. The third kappa shape index (κ3) is 5.53. The zero-order valence-electron chi connectivity index (χ0n) is 9.85. The summed E-state index contributed by atoms with van der Waals surface area (Å²) in [6.07, 6.45) is 3.39. The summed E-state index contributed by atoms with van der Waals surface area (Å²) in [4.78, 5) is 0. The van der Waals surface area contributed by atoms with Crippen LogP contribution in [0.1, 0.15) is 32.3 Å². The van der Waals surface area contributed by atoms with Crippen molar-refractivity contribution >= 4 is 34.5 Å². The first-order valence-corrected chi connectivity index (χ1v) is 7.31. The molecule has 0 aliphatic rings. The average Bonchev–Trinajstić information content (AvgIpc) is 2.50. The van der Waals surface area contributed by atoms with Gasteiger partial charge in [0.2, 0.25) is 0 Å². The molecule has 0 saturated carbocycles. The Bertz CT molecular complexity index is 310. The molecule has 0 radical (unpaired) electrons. The van der Waals surface area contributed by atoms with E-state index >= 15 is 0 Å². The summed E-state index contributed by atoms with van der Waals surface area (Å²) in [5, 5.41) is 3.43. The van der Waals surface area contributed by atoms with E-state index in [1.807, 2.05) is 6.07 Å². The molecule has 0 spiro atoms. The van der Waals surface area contributed by atoms with Crippen molar-refractivity contribution in [2.24, 2.45) is 5.92 Å². The van der Waals surface area contributed by atoms with Gasteiger partial charge in [0, 0.05) is 0 Å². The number of hydrogen-bond acceptors (Lipinski definition) is 2. The maximum Gasteiger partial charge on any atom is 0.0976 e. The number of hydrogen-bond donors (Lipinski definition) is 1. The van der Waals surface area contributed by atoms with Crippen molar-refractivity contribution in [2.75, 3.05) is 13.1 Å². The summed E-state index contributed by atoms with van der Waals surface area (Å²) in [7, 11) is 0. The Morgan fingerprint density at radius 2 is 2.06 bits per heavy atom. The molecule has 1 aromatic rings. The van der Waals surface area contributed by atoms with E-state index in [0.29, 0.717) is 0 Å². The Hall–Kier alpha value is 0.240. The van der Waals surface area contributed by atoms with Gasteiger partial charge in [-0.1, -0.05) is 37.0 Å². The minimum Gasteiger partial charge on any atom is -0.316 e. The van der Waals surface area contributed by atoms with Crippen LogP contribution in [0.2, 0.25) is 8.67 Å². The van der Waals surface area contributed by atoms with Gasteiger partial charge in [-0.05, 0) is 49.9 Å². The van der Waals surface area contributed by atoms with Crippen molar-refractivity contribution in [3.05, 3.63) is 20.3 Å². The van der Waals surface area contributed by atoms with Gasteiger partial charge in [-0.3, -0.25) is 0 Å². The predicted molar refractivity (Wildman–Crippen MR) is 75.0 cm³/mol. The molecule has 92 valence electrons. The summed E-state index contributed by atoms with van der Waals surface area (Å²) >= 11 is 13.4. The lowest BCUT2D eigenvalue weighted by Gasteiger charge is -2.06. The Balaban J connectivity index is 2.09. The number of rotatable bonds is 7. The van der Waals surface area contributed by atoms with Crippen LogP contribution in [-0.2, 0) is 6.42 Å². The second-order valence-electron chi connectivity index (χ2n) is 4.40. The summed E-state index contributed by atoms with van der Waals surface area (Å²) in [5.41, 5.74) is 1.19. The van der Waals surface area contributed by atoms with E-state index in [0.717, 1.165) is 40.5 Å². The van der Waals surface area contributed by atoms with Crippen molar-refractivity contribution in [2.45, 2.75) is 33.1 Å². The van der Waals surface area contributed by atoms with Crippen LogP contribution < -0.4 is 5.32 Å². The van der Waals surface area contributed by atoms with E-state index in [1.165, 1.54) is 23.3 Å². The molecule has 1 nitrogen and oxygen atoms in total. The van der Waals surface area contributed by atoms with Crippen LogP contribution in [0, 0.1) is 5.92 Å². The van der Waals surface area contributed by atoms with Gasteiger partial charge in [0.15, 0.2) is 0 Å². The van der Waals surface area contributed by atoms with E-state index in [2.05, 4.69) is 19.2 Å². The molecule has 0 bridgehead atoms. The molecule has 1 aromatic heterocycles. The van der Waals surface area contributed by atoms with Gasteiger partial charge in [0.25, 0.3) is 0 Å².